The zero-order valence-electron chi connectivity index (χ0n) is 2.55. The van der Waals surface area contributed by atoms with Crippen molar-refractivity contribution in [1.82, 2.24) is 0 Å². The minimum Gasteiger partial charge on any atom is -0.303 e. The molecule has 0 rings (SSSR count). The van der Waals surface area contributed by atoms with E-state index in [1.165, 1.54) is 0 Å². The molecule has 0 saturated carbocycles. The van der Waals surface area contributed by atoms with E-state index in [0.717, 1.165) is 0 Å². The monoisotopic (exact) mass is 230 g/mol. The van der Waals surface area contributed by atoms with E-state index in [4.69, 9.17) is 19.2 Å². The maximum absolute atomic E-state index is 8.88. The van der Waals surface area contributed by atoms with Gasteiger partial charge in [-0.15, -0.1) is 0 Å². The van der Waals surface area contributed by atoms with Crippen molar-refractivity contribution in [3.05, 3.63) is 0 Å². The van der Waals surface area contributed by atoms with Gasteiger partial charge in [0.05, 0.1) is 0 Å². The molecule has 0 aromatic heterocycles. The van der Waals surface area contributed by atoms with Gasteiger partial charge >= 0.3 is 7.82 Å². The third-order valence-corrected chi connectivity index (χ3v) is 0. The first kappa shape index (κ1) is 10.6. The van der Waals surface area contributed by atoms with Crippen LogP contribution in [-0.4, -0.2) is 14.7 Å². The molecule has 6 heavy (non-hydrogen) atoms. The van der Waals surface area contributed by atoms with E-state index in [-0.39, 0.29) is 48.9 Å². The van der Waals surface area contributed by atoms with E-state index in [1.807, 2.05) is 0 Å². The molecule has 0 radical (unpaired) electrons. The molecular weight excluding hydrogens is 226 g/mol. The van der Waals surface area contributed by atoms with E-state index in [9.17, 15) is 0 Å². The average Bonchev–Trinajstić information content (AvgIpc) is 0.722. The maximum Gasteiger partial charge on any atom is 0.466 e. The normalized spacial score (nSPS) is 9.83. The molecule has 0 aromatic carbocycles. The van der Waals surface area contributed by atoms with Crippen LogP contribution in [0.4, 0.5) is 0 Å². The smallest absolute Gasteiger partial charge is 0.303 e. The summed E-state index contributed by atoms with van der Waals surface area (Å²) in [6.45, 7) is 0. The summed E-state index contributed by atoms with van der Waals surface area (Å²) < 4.78 is 8.88. The molecule has 40 valence electrons. The molecular formula is H3O4PXe. The van der Waals surface area contributed by atoms with Crippen molar-refractivity contribution in [2.45, 2.75) is 0 Å². The molecule has 0 bridgehead atoms. The van der Waals surface area contributed by atoms with Crippen LogP contribution in [0.25, 0.3) is 0 Å². The predicted molar refractivity (Wildman–Crippen MR) is 14.3 cm³/mol. The number of hydrogen-bond donors (Lipinski definition) is 3. The standard InChI is InChI=1S/H3O4P.Xe/c1-5(2,3)4;/h(H3,1,2,3,4);. The Kier molecular flexibility index (Phi) is 6.47. The Hall–Kier alpha value is 1.68. The van der Waals surface area contributed by atoms with Gasteiger partial charge in [0.15, 0.2) is 0 Å². The predicted octanol–water partition coefficient (Wildman–Crippen LogP) is -0.929. The molecule has 0 heterocycles. The maximum atomic E-state index is 8.88. The van der Waals surface area contributed by atoms with Gasteiger partial charge in [0.25, 0.3) is 0 Å². The van der Waals surface area contributed by atoms with Crippen LogP contribution in [0.5, 0.6) is 0 Å². The fourth-order valence-corrected chi connectivity index (χ4v) is 0. The molecule has 4 nitrogen and oxygen atoms in total. The minimum absolute atomic E-state index is 0. The van der Waals surface area contributed by atoms with Crippen molar-refractivity contribution in [1.29, 1.82) is 0 Å². The van der Waals surface area contributed by atoms with Gasteiger partial charge < -0.3 is 14.7 Å². The molecule has 0 saturated heterocycles. The quantitative estimate of drug-likeness (QED) is 0.469. The van der Waals surface area contributed by atoms with Crippen molar-refractivity contribution in [2.75, 3.05) is 0 Å². The molecule has 0 aliphatic carbocycles. The van der Waals surface area contributed by atoms with Crippen molar-refractivity contribution in [3.8, 4) is 0 Å². The summed E-state index contributed by atoms with van der Waals surface area (Å²) in [5.74, 6) is 0. The van der Waals surface area contributed by atoms with Crippen LogP contribution in [-0.2, 0) is 4.57 Å². The summed E-state index contributed by atoms with van der Waals surface area (Å²) >= 11 is 0. The van der Waals surface area contributed by atoms with E-state index in [1.54, 1.807) is 0 Å². The zero-order chi connectivity index (χ0) is 4.50. The zero-order valence-corrected chi connectivity index (χ0v) is 5.46. The van der Waals surface area contributed by atoms with E-state index in [0.29, 0.717) is 0 Å². The summed E-state index contributed by atoms with van der Waals surface area (Å²) in [6.07, 6.45) is 0. The van der Waals surface area contributed by atoms with Gasteiger partial charge in [0, 0.05) is 48.9 Å². The van der Waals surface area contributed by atoms with Gasteiger partial charge in [-0.1, -0.05) is 0 Å². The molecule has 0 fully saturated rings. The first-order valence-corrected chi connectivity index (χ1v) is 2.35. The Labute approximate surface area is 74.9 Å². The topological polar surface area (TPSA) is 77.8 Å². The fraction of sp³-hybridized carbons (Fsp3) is 0. The molecule has 0 aromatic rings. The Morgan fingerprint density at radius 2 is 1.17 bits per heavy atom. The average molecular weight is 229 g/mol. The Morgan fingerprint density at radius 3 is 1.17 bits per heavy atom. The third kappa shape index (κ3) is 44.0. The molecule has 3 N–H and O–H groups in total. The third-order valence-electron chi connectivity index (χ3n) is 0. The van der Waals surface area contributed by atoms with E-state index >= 15 is 0 Å². The summed E-state index contributed by atoms with van der Waals surface area (Å²) in [6, 6.07) is 0. The van der Waals surface area contributed by atoms with E-state index < -0.39 is 7.82 Å². The Bertz CT molecular complexity index is 53.7. The SMILES string of the molecule is O=P(O)(O)O.[Xe]. The van der Waals surface area contributed by atoms with Crippen molar-refractivity contribution < 1.29 is 68.1 Å². The molecule has 0 atom stereocenters. The van der Waals surface area contributed by atoms with Gasteiger partial charge in [-0.25, -0.2) is 4.57 Å². The minimum atomic E-state index is -4.64. The second-order valence-corrected chi connectivity index (χ2v) is 1.54. The van der Waals surface area contributed by atoms with Gasteiger partial charge in [-0.3, -0.25) is 0 Å². The molecule has 0 amide bonds. The van der Waals surface area contributed by atoms with Gasteiger partial charge in [-0.05, 0) is 0 Å². The van der Waals surface area contributed by atoms with Crippen LogP contribution < -0.4 is 0 Å². The van der Waals surface area contributed by atoms with Crippen molar-refractivity contribution in [2.24, 2.45) is 0 Å². The van der Waals surface area contributed by atoms with Crippen LogP contribution in [0.15, 0.2) is 0 Å². The molecule has 6 heteroatoms. The summed E-state index contributed by atoms with van der Waals surface area (Å²) in [5, 5.41) is 0. The Balaban J connectivity index is 0. The van der Waals surface area contributed by atoms with Crippen LogP contribution in [0.1, 0.15) is 0 Å². The van der Waals surface area contributed by atoms with E-state index in [2.05, 4.69) is 0 Å². The number of phosphoric acid groups is 1. The van der Waals surface area contributed by atoms with Crippen molar-refractivity contribution >= 4 is 7.82 Å². The van der Waals surface area contributed by atoms with Crippen LogP contribution in [0.3, 0.4) is 0 Å². The van der Waals surface area contributed by atoms with Crippen LogP contribution in [0.2, 0.25) is 0 Å². The molecule has 0 aliphatic heterocycles. The van der Waals surface area contributed by atoms with Gasteiger partial charge in [0.1, 0.15) is 0 Å². The summed E-state index contributed by atoms with van der Waals surface area (Å²) in [7, 11) is -4.64. The first-order valence-electron chi connectivity index (χ1n) is 0.783. The number of hydrogen-bond acceptors (Lipinski definition) is 1. The molecule has 0 spiro atoms. The fourth-order valence-electron chi connectivity index (χ4n) is 0. The van der Waals surface area contributed by atoms with Crippen LogP contribution in [0, 0.1) is 48.9 Å². The van der Waals surface area contributed by atoms with Gasteiger partial charge in [0.2, 0.25) is 0 Å². The first-order chi connectivity index (χ1) is 2.00. The summed E-state index contributed by atoms with van der Waals surface area (Å²) in [5.41, 5.74) is 0. The second kappa shape index (κ2) is 3.66. The largest absolute Gasteiger partial charge is 0.466 e. The van der Waals surface area contributed by atoms with Crippen molar-refractivity contribution in [3.63, 3.8) is 0 Å². The molecule has 0 unspecified atom stereocenters. The van der Waals surface area contributed by atoms with Gasteiger partial charge in [-0.2, -0.15) is 0 Å². The molecule has 0 aliphatic rings. The van der Waals surface area contributed by atoms with Crippen LogP contribution >= 0.6 is 7.82 Å². The second-order valence-electron chi connectivity index (χ2n) is 0.513. The summed E-state index contributed by atoms with van der Waals surface area (Å²) in [4.78, 5) is 21.6. The number of rotatable bonds is 0. The Morgan fingerprint density at radius 1 is 1.17 bits per heavy atom.